The van der Waals surface area contributed by atoms with Crippen LogP contribution in [-0.2, 0) is 0 Å². The molecular formula is C16H13ClN4. The zero-order chi connectivity index (χ0) is 13.9. The molecule has 2 heterocycles. The van der Waals surface area contributed by atoms with Gasteiger partial charge in [0.05, 0.1) is 10.9 Å². The molecule has 4 nitrogen and oxygen atoms in total. The van der Waals surface area contributed by atoms with Crippen LogP contribution in [0.1, 0.15) is 11.3 Å². The topological polar surface area (TPSA) is 50.7 Å². The van der Waals surface area contributed by atoms with Crippen LogP contribution in [0.4, 0.5) is 11.5 Å². The zero-order valence-corrected chi connectivity index (χ0v) is 12.2. The van der Waals surface area contributed by atoms with Crippen LogP contribution >= 0.6 is 12.4 Å². The van der Waals surface area contributed by atoms with E-state index in [0.717, 1.165) is 33.7 Å². The second-order valence-corrected chi connectivity index (χ2v) is 4.42. The van der Waals surface area contributed by atoms with Crippen molar-refractivity contribution in [2.75, 3.05) is 5.32 Å². The Balaban J connectivity index is 0.00000161. The molecule has 0 amide bonds. The summed E-state index contributed by atoms with van der Waals surface area (Å²) in [5, 5.41) is 4.13. The van der Waals surface area contributed by atoms with Gasteiger partial charge in [-0.3, -0.25) is 4.98 Å². The van der Waals surface area contributed by atoms with Gasteiger partial charge in [-0.2, -0.15) is 0 Å². The van der Waals surface area contributed by atoms with Gasteiger partial charge >= 0.3 is 0 Å². The van der Waals surface area contributed by atoms with Crippen LogP contribution in [0.15, 0.2) is 42.9 Å². The van der Waals surface area contributed by atoms with Gasteiger partial charge < -0.3 is 5.32 Å². The highest BCUT2D eigenvalue weighted by Crippen LogP contribution is 2.22. The van der Waals surface area contributed by atoms with Crippen molar-refractivity contribution in [1.29, 1.82) is 0 Å². The highest BCUT2D eigenvalue weighted by Gasteiger charge is 2.05. The molecule has 21 heavy (non-hydrogen) atoms. The number of halogens is 1. The number of terminal acetylenes is 1. The molecule has 3 rings (SSSR count). The van der Waals surface area contributed by atoms with E-state index in [4.69, 9.17) is 6.42 Å². The maximum absolute atomic E-state index is 5.41. The summed E-state index contributed by atoms with van der Waals surface area (Å²) >= 11 is 0. The fourth-order valence-electron chi connectivity index (χ4n) is 1.98. The molecule has 0 atom stereocenters. The average molecular weight is 297 g/mol. The summed E-state index contributed by atoms with van der Waals surface area (Å²) in [6, 6.07) is 9.56. The first kappa shape index (κ1) is 14.8. The lowest BCUT2D eigenvalue weighted by Crippen LogP contribution is -1.97. The molecule has 0 saturated heterocycles. The predicted octanol–water partition coefficient (Wildman–Crippen LogP) is 3.48. The lowest BCUT2D eigenvalue weighted by atomic mass is 10.2. The number of hydrogen-bond acceptors (Lipinski definition) is 4. The third-order valence-corrected chi connectivity index (χ3v) is 2.95. The zero-order valence-electron chi connectivity index (χ0n) is 11.4. The van der Waals surface area contributed by atoms with Gasteiger partial charge in [0, 0.05) is 23.1 Å². The molecule has 3 aromatic rings. The lowest BCUT2D eigenvalue weighted by molar-refractivity contribution is 1.17. The number of rotatable bonds is 2. The third-order valence-electron chi connectivity index (χ3n) is 2.95. The lowest BCUT2D eigenvalue weighted by Gasteiger charge is -2.08. The van der Waals surface area contributed by atoms with Gasteiger partial charge in [0.1, 0.15) is 12.1 Å². The van der Waals surface area contributed by atoms with Crippen LogP contribution in [0, 0.1) is 19.3 Å². The monoisotopic (exact) mass is 296 g/mol. The van der Waals surface area contributed by atoms with Gasteiger partial charge in [-0.15, -0.1) is 18.8 Å². The molecule has 104 valence electrons. The van der Waals surface area contributed by atoms with E-state index in [1.807, 2.05) is 37.3 Å². The van der Waals surface area contributed by atoms with Crippen LogP contribution < -0.4 is 5.32 Å². The smallest absolute Gasteiger partial charge is 0.143 e. The molecule has 0 saturated carbocycles. The van der Waals surface area contributed by atoms with Crippen molar-refractivity contribution in [2.24, 2.45) is 0 Å². The minimum atomic E-state index is 0. The molecule has 0 radical (unpaired) electrons. The number of benzene rings is 1. The quantitative estimate of drug-likeness (QED) is 0.736. The van der Waals surface area contributed by atoms with Crippen molar-refractivity contribution in [2.45, 2.75) is 6.92 Å². The summed E-state index contributed by atoms with van der Waals surface area (Å²) in [7, 11) is 0. The molecule has 0 unspecified atom stereocenters. The first-order valence-electron chi connectivity index (χ1n) is 6.17. The maximum atomic E-state index is 5.41. The summed E-state index contributed by atoms with van der Waals surface area (Å²) in [5.74, 6) is 3.33. The molecule has 2 aromatic heterocycles. The molecule has 0 fully saturated rings. The van der Waals surface area contributed by atoms with Gasteiger partial charge in [-0.05, 0) is 31.2 Å². The van der Waals surface area contributed by atoms with Gasteiger partial charge in [0.15, 0.2) is 0 Å². The van der Waals surface area contributed by atoms with Crippen molar-refractivity contribution in [3.05, 3.63) is 54.1 Å². The highest BCUT2D eigenvalue weighted by atomic mass is 35.5. The third kappa shape index (κ3) is 3.10. The summed E-state index contributed by atoms with van der Waals surface area (Å²) in [5.41, 5.74) is 3.50. The minimum absolute atomic E-state index is 0. The summed E-state index contributed by atoms with van der Waals surface area (Å²) < 4.78 is 0. The van der Waals surface area contributed by atoms with Crippen LogP contribution in [0.2, 0.25) is 0 Å². The Bertz CT molecular complexity index is 824. The van der Waals surface area contributed by atoms with Crippen molar-refractivity contribution in [3.63, 3.8) is 0 Å². The fraction of sp³-hybridized carbons (Fsp3) is 0.0625. The van der Waals surface area contributed by atoms with E-state index in [9.17, 15) is 0 Å². The molecule has 0 aliphatic heterocycles. The standard InChI is InChI=1S/C16H12N4.ClH/c1-3-12-5-4-6-13(8-12)20-16-14-9-17-11(2)7-15(14)18-10-19-16;/h1,4-10H,2H3,(H,18,19,20);1H. The molecule has 5 heteroatoms. The molecule has 1 aromatic carbocycles. The number of pyridine rings is 1. The number of nitrogens with one attached hydrogen (secondary N) is 1. The number of aromatic nitrogens is 3. The van der Waals surface area contributed by atoms with Gasteiger partial charge in [0.25, 0.3) is 0 Å². The number of anilines is 2. The van der Waals surface area contributed by atoms with Gasteiger partial charge in [-0.1, -0.05) is 12.0 Å². The Morgan fingerprint density at radius 3 is 2.81 bits per heavy atom. The van der Waals surface area contributed by atoms with Crippen molar-refractivity contribution in [1.82, 2.24) is 15.0 Å². The van der Waals surface area contributed by atoms with E-state index in [1.54, 1.807) is 6.20 Å². The Morgan fingerprint density at radius 2 is 2.00 bits per heavy atom. The van der Waals surface area contributed by atoms with Crippen LogP contribution in [0.5, 0.6) is 0 Å². The second kappa shape index (κ2) is 6.21. The molecule has 0 aliphatic rings. The summed E-state index contributed by atoms with van der Waals surface area (Å²) in [6.07, 6.45) is 8.72. The van der Waals surface area contributed by atoms with Crippen molar-refractivity contribution in [3.8, 4) is 12.3 Å². The van der Waals surface area contributed by atoms with E-state index in [-0.39, 0.29) is 12.4 Å². The van der Waals surface area contributed by atoms with E-state index in [1.165, 1.54) is 6.33 Å². The van der Waals surface area contributed by atoms with Crippen molar-refractivity contribution >= 4 is 34.8 Å². The van der Waals surface area contributed by atoms with Crippen LogP contribution in [-0.4, -0.2) is 15.0 Å². The van der Waals surface area contributed by atoms with E-state index in [2.05, 4.69) is 26.2 Å². The van der Waals surface area contributed by atoms with Gasteiger partial charge in [0.2, 0.25) is 0 Å². The first-order chi connectivity index (χ1) is 9.76. The molecule has 0 aliphatic carbocycles. The minimum Gasteiger partial charge on any atom is -0.340 e. The van der Waals surface area contributed by atoms with Crippen LogP contribution in [0.25, 0.3) is 10.9 Å². The SMILES string of the molecule is C#Cc1cccc(Nc2ncnc3cc(C)ncc23)c1.Cl. The normalized spacial score (nSPS) is 9.71. The highest BCUT2D eigenvalue weighted by molar-refractivity contribution is 5.90. The second-order valence-electron chi connectivity index (χ2n) is 4.42. The summed E-state index contributed by atoms with van der Waals surface area (Å²) in [4.78, 5) is 12.8. The predicted molar refractivity (Wildman–Crippen MR) is 87.0 cm³/mol. The molecule has 1 N–H and O–H groups in total. The Morgan fingerprint density at radius 1 is 1.14 bits per heavy atom. The first-order valence-corrected chi connectivity index (χ1v) is 6.17. The Hall–Kier alpha value is -2.64. The van der Waals surface area contributed by atoms with E-state index in [0.29, 0.717) is 0 Å². The Labute approximate surface area is 129 Å². The average Bonchev–Trinajstić information content (AvgIpc) is 2.47. The number of hydrogen-bond donors (Lipinski definition) is 1. The van der Waals surface area contributed by atoms with E-state index < -0.39 is 0 Å². The van der Waals surface area contributed by atoms with E-state index >= 15 is 0 Å². The van der Waals surface area contributed by atoms with Gasteiger partial charge in [-0.25, -0.2) is 9.97 Å². The maximum Gasteiger partial charge on any atom is 0.143 e. The molecule has 0 spiro atoms. The Kier molecular flexibility index (Phi) is 4.36. The molecular weight excluding hydrogens is 284 g/mol. The number of fused-ring (bicyclic) bond motifs is 1. The fourth-order valence-corrected chi connectivity index (χ4v) is 1.98. The summed E-state index contributed by atoms with van der Waals surface area (Å²) in [6.45, 7) is 1.94. The number of nitrogens with zero attached hydrogens (tertiary/aromatic N) is 3. The number of aryl methyl sites for hydroxylation is 1. The van der Waals surface area contributed by atoms with Crippen LogP contribution in [0.3, 0.4) is 0 Å². The van der Waals surface area contributed by atoms with Crippen molar-refractivity contribution < 1.29 is 0 Å². The molecule has 0 bridgehead atoms. The largest absolute Gasteiger partial charge is 0.340 e.